The predicted octanol–water partition coefficient (Wildman–Crippen LogP) is 2.48. The summed E-state index contributed by atoms with van der Waals surface area (Å²) in [5.41, 5.74) is 6.68. The molecule has 0 atom stereocenters. The molecule has 0 aliphatic carbocycles. The van der Waals surface area contributed by atoms with E-state index in [-0.39, 0.29) is 5.91 Å². The lowest BCUT2D eigenvalue weighted by atomic mass is 10.2. The van der Waals surface area contributed by atoms with Gasteiger partial charge in [-0.3, -0.25) is 4.79 Å². The molecular formula is C13H15N3OS2. The average Bonchev–Trinajstić information content (AvgIpc) is 2.83. The van der Waals surface area contributed by atoms with Gasteiger partial charge in [0.1, 0.15) is 0 Å². The maximum atomic E-state index is 12.0. The van der Waals surface area contributed by atoms with Crippen LogP contribution in [-0.4, -0.2) is 28.6 Å². The first-order chi connectivity index (χ1) is 9.15. The Morgan fingerprint density at radius 3 is 2.79 bits per heavy atom. The van der Waals surface area contributed by atoms with Gasteiger partial charge in [-0.05, 0) is 5.56 Å². The number of nitrogens with two attached hydrogens (primary N) is 1. The maximum absolute atomic E-state index is 12.0. The van der Waals surface area contributed by atoms with Gasteiger partial charge in [0.05, 0.1) is 16.2 Å². The van der Waals surface area contributed by atoms with Gasteiger partial charge in [-0.25, -0.2) is 4.98 Å². The number of rotatable bonds is 5. The molecule has 0 fully saturated rings. The molecule has 0 saturated carbocycles. The van der Waals surface area contributed by atoms with E-state index in [1.165, 1.54) is 23.1 Å². The molecule has 2 N–H and O–H groups in total. The molecule has 2 rings (SSSR count). The van der Waals surface area contributed by atoms with Gasteiger partial charge in [0.15, 0.2) is 5.13 Å². The Morgan fingerprint density at radius 2 is 2.16 bits per heavy atom. The van der Waals surface area contributed by atoms with Gasteiger partial charge in [0, 0.05) is 13.6 Å². The van der Waals surface area contributed by atoms with Crippen molar-refractivity contribution >= 4 is 34.1 Å². The largest absolute Gasteiger partial charge is 0.375 e. The normalized spacial score (nSPS) is 10.4. The topological polar surface area (TPSA) is 59.2 Å². The van der Waals surface area contributed by atoms with Crippen molar-refractivity contribution in [2.75, 3.05) is 18.5 Å². The van der Waals surface area contributed by atoms with E-state index in [0.29, 0.717) is 17.4 Å². The second-order valence-electron chi connectivity index (χ2n) is 4.04. The minimum atomic E-state index is 0.0980. The molecular weight excluding hydrogens is 278 g/mol. The van der Waals surface area contributed by atoms with Crippen LogP contribution >= 0.6 is 23.1 Å². The Hall–Kier alpha value is -1.53. The fraction of sp³-hybridized carbons (Fsp3) is 0.231. The van der Waals surface area contributed by atoms with Crippen molar-refractivity contribution in [1.82, 2.24) is 9.88 Å². The summed E-state index contributed by atoms with van der Waals surface area (Å²) < 4.78 is 0.971. The summed E-state index contributed by atoms with van der Waals surface area (Å²) in [6.45, 7) is 0.630. The van der Waals surface area contributed by atoms with Crippen molar-refractivity contribution in [1.29, 1.82) is 0 Å². The molecule has 0 unspecified atom stereocenters. The molecule has 2 aromatic rings. The quantitative estimate of drug-likeness (QED) is 0.860. The molecule has 0 spiro atoms. The van der Waals surface area contributed by atoms with Crippen LogP contribution in [-0.2, 0) is 11.3 Å². The molecule has 100 valence electrons. The summed E-state index contributed by atoms with van der Waals surface area (Å²) in [4.78, 5) is 17.7. The summed E-state index contributed by atoms with van der Waals surface area (Å²) in [6, 6.07) is 9.95. The van der Waals surface area contributed by atoms with Crippen LogP contribution < -0.4 is 5.73 Å². The zero-order valence-electron chi connectivity index (χ0n) is 10.6. The summed E-state index contributed by atoms with van der Waals surface area (Å²) >= 11 is 2.88. The fourth-order valence-corrected chi connectivity index (χ4v) is 3.23. The Kier molecular flexibility index (Phi) is 4.81. The van der Waals surface area contributed by atoms with E-state index < -0.39 is 0 Å². The number of thiazole rings is 1. The number of anilines is 1. The average molecular weight is 293 g/mol. The number of nitrogen functional groups attached to an aromatic ring is 1. The minimum Gasteiger partial charge on any atom is -0.375 e. The zero-order chi connectivity index (χ0) is 13.7. The van der Waals surface area contributed by atoms with E-state index in [1.54, 1.807) is 11.1 Å². The van der Waals surface area contributed by atoms with Gasteiger partial charge >= 0.3 is 0 Å². The van der Waals surface area contributed by atoms with E-state index in [1.807, 2.05) is 37.4 Å². The predicted molar refractivity (Wildman–Crippen MR) is 80.2 cm³/mol. The third-order valence-electron chi connectivity index (χ3n) is 2.53. The Bertz CT molecular complexity index is 542. The van der Waals surface area contributed by atoms with Crippen LogP contribution in [0.4, 0.5) is 5.13 Å². The van der Waals surface area contributed by atoms with Crippen LogP contribution in [0.25, 0.3) is 0 Å². The second-order valence-corrected chi connectivity index (χ2v) is 6.38. The van der Waals surface area contributed by atoms with Crippen LogP contribution in [0.5, 0.6) is 0 Å². The lowest BCUT2D eigenvalue weighted by Crippen LogP contribution is -2.27. The Balaban J connectivity index is 1.82. The van der Waals surface area contributed by atoms with Gasteiger partial charge in [-0.1, -0.05) is 41.7 Å². The SMILES string of the molecule is CN(Cc1ccccc1)C(=O)CSc1cnc(N)s1. The third kappa shape index (κ3) is 4.25. The molecule has 0 aliphatic heterocycles. The molecule has 0 saturated heterocycles. The van der Waals surface area contributed by atoms with Crippen LogP contribution in [0.2, 0.25) is 0 Å². The molecule has 1 amide bonds. The van der Waals surface area contributed by atoms with Crippen LogP contribution in [0.3, 0.4) is 0 Å². The van der Waals surface area contributed by atoms with Crippen LogP contribution in [0, 0.1) is 0 Å². The van der Waals surface area contributed by atoms with Crippen molar-refractivity contribution < 1.29 is 4.79 Å². The van der Waals surface area contributed by atoms with Crippen LogP contribution in [0.15, 0.2) is 40.7 Å². The number of carbonyl (C=O) groups is 1. The minimum absolute atomic E-state index is 0.0980. The third-order valence-corrected chi connectivity index (χ3v) is 4.53. The number of aromatic nitrogens is 1. The summed E-state index contributed by atoms with van der Waals surface area (Å²) in [7, 11) is 1.82. The first kappa shape index (κ1) is 13.9. The highest BCUT2D eigenvalue weighted by Gasteiger charge is 2.10. The lowest BCUT2D eigenvalue weighted by molar-refractivity contribution is -0.127. The van der Waals surface area contributed by atoms with E-state index in [2.05, 4.69) is 4.98 Å². The van der Waals surface area contributed by atoms with Gasteiger partial charge in [-0.15, -0.1) is 11.8 Å². The first-order valence-corrected chi connectivity index (χ1v) is 7.57. The van der Waals surface area contributed by atoms with Gasteiger partial charge in [0.25, 0.3) is 0 Å². The fourth-order valence-electron chi connectivity index (χ4n) is 1.53. The van der Waals surface area contributed by atoms with Crippen molar-refractivity contribution in [3.05, 3.63) is 42.1 Å². The van der Waals surface area contributed by atoms with Crippen molar-refractivity contribution in [3.8, 4) is 0 Å². The van der Waals surface area contributed by atoms with E-state index in [4.69, 9.17) is 5.73 Å². The lowest BCUT2D eigenvalue weighted by Gasteiger charge is -2.16. The van der Waals surface area contributed by atoms with Crippen molar-refractivity contribution in [2.45, 2.75) is 10.8 Å². The van der Waals surface area contributed by atoms with Gasteiger partial charge in [0.2, 0.25) is 5.91 Å². The maximum Gasteiger partial charge on any atom is 0.233 e. The highest BCUT2D eigenvalue weighted by Crippen LogP contribution is 2.26. The number of thioether (sulfide) groups is 1. The van der Waals surface area contributed by atoms with Gasteiger partial charge < -0.3 is 10.6 Å². The Labute approximate surface area is 120 Å². The van der Waals surface area contributed by atoms with Crippen LogP contribution in [0.1, 0.15) is 5.56 Å². The van der Waals surface area contributed by atoms with Crippen molar-refractivity contribution in [3.63, 3.8) is 0 Å². The number of benzene rings is 1. The summed E-state index contributed by atoms with van der Waals surface area (Å²) in [5, 5.41) is 0.535. The molecule has 4 nitrogen and oxygen atoms in total. The van der Waals surface area contributed by atoms with E-state index in [9.17, 15) is 4.79 Å². The van der Waals surface area contributed by atoms with Gasteiger partial charge in [-0.2, -0.15) is 0 Å². The smallest absolute Gasteiger partial charge is 0.233 e. The standard InChI is InChI=1S/C13H15N3OS2/c1-16(8-10-5-3-2-4-6-10)11(17)9-18-12-7-15-13(14)19-12/h2-7H,8-9H2,1H3,(H2,14,15). The molecule has 1 aromatic carbocycles. The Morgan fingerprint density at radius 1 is 1.42 bits per heavy atom. The number of hydrogen-bond acceptors (Lipinski definition) is 5. The number of hydrogen-bond donors (Lipinski definition) is 1. The molecule has 6 heteroatoms. The summed E-state index contributed by atoms with van der Waals surface area (Å²) in [6.07, 6.45) is 1.70. The van der Waals surface area contributed by atoms with Crippen molar-refractivity contribution in [2.24, 2.45) is 0 Å². The van der Waals surface area contributed by atoms with E-state index in [0.717, 1.165) is 9.77 Å². The number of carbonyl (C=O) groups excluding carboxylic acids is 1. The zero-order valence-corrected chi connectivity index (χ0v) is 12.2. The highest BCUT2D eigenvalue weighted by molar-refractivity contribution is 8.01. The number of amides is 1. The molecule has 19 heavy (non-hydrogen) atoms. The first-order valence-electron chi connectivity index (χ1n) is 5.77. The monoisotopic (exact) mass is 293 g/mol. The number of nitrogens with zero attached hydrogens (tertiary/aromatic N) is 2. The summed E-state index contributed by atoms with van der Waals surface area (Å²) in [5.74, 6) is 0.506. The molecule has 1 aromatic heterocycles. The highest BCUT2D eigenvalue weighted by atomic mass is 32.2. The molecule has 0 radical (unpaired) electrons. The second kappa shape index (κ2) is 6.58. The molecule has 0 aliphatic rings. The molecule has 1 heterocycles. The molecule has 0 bridgehead atoms. The van der Waals surface area contributed by atoms with E-state index >= 15 is 0 Å².